The van der Waals surface area contributed by atoms with Crippen LogP contribution in [0, 0.1) is 6.92 Å². The first kappa shape index (κ1) is 12.3. The van der Waals surface area contributed by atoms with Gasteiger partial charge in [0, 0.05) is 31.7 Å². The Bertz CT molecular complexity index is 385. The molecule has 1 aromatic rings. The first-order valence-electron chi connectivity index (χ1n) is 6.58. The van der Waals surface area contributed by atoms with Crippen molar-refractivity contribution in [2.75, 3.05) is 31.1 Å². The summed E-state index contributed by atoms with van der Waals surface area (Å²) in [5.74, 6) is 0.896. The summed E-state index contributed by atoms with van der Waals surface area (Å²) >= 11 is 0. The predicted molar refractivity (Wildman–Crippen MR) is 70.6 cm³/mol. The number of aromatic nitrogens is 2. The molecule has 94 valence electrons. The molecule has 0 saturated carbocycles. The summed E-state index contributed by atoms with van der Waals surface area (Å²) in [7, 11) is 0. The molecular weight excluding hydrogens is 212 g/mol. The molecule has 0 aromatic carbocycles. The second-order valence-electron chi connectivity index (χ2n) is 4.46. The third-order valence-corrected chi connectivity index (χ3v) is 3.42. The highest BCUT2D eigenvalue weighted by atomic mass is 15.2. The van der Waals surface area contributed by atoms with Crippen LogP contribution < -0.4 is 10.2 Å². The molecule has 2 rings (SSSR count). The van der Waals surface area contributed by atoms with Gasteiger partial charge in [-0.3, -0.25) is 0 Å². The highest BCUT2D eigenvalue weighted by Gasteiger charge is 2.15. The van der Waals surface area contributed by atoms with Gasteiger partial charge in [-0.15, -0.1) is 0 Å². The molecule has 0 aliphatic carbocycles. The molecule has 2 heterocycles. The van der Waals surface area contributed by atoms with Crippen molar-refractivity contribution in [1.29, 1.82) is 0 Å². The highest BCUT2D eigenvalue weighted by Crippen LogP contribution is 2.18. The summed E-state index contributed by atoms with van der Waals surface area (Å²) in [5.41, 5.74) is 3.75. The summed E-state index contributed by atoms with van der Waals surface area (Å²) in [6.07, 6.45) is 2.08. The molecule has 0 atom stereocenters. The van der Waals surface area contributed by atoms with Gasteiger partial charge in [-0.25, -0.2) is 9.97 Å². The lowest BCUT2D eigenvalue weighted by atomic mass is 10.1. The summed E-state index contributed by atoms with van der Waals surface area (Å²) < 4.78 is 0. The second kappa shape index (κ2) is 5.45. The monoisotopic (exact) mass is 234 g/mol. The number of fused-ring (bicyclic) bond motifs is 1. The first-order chi connectivity index (χ1) is 8.26. The number of rotatable bonds is 3. The molecule has 0 saturated heterocycles. The molecule has 1 aliphatic heterocycles. The van der Waals surface area contributed by atoms with Crippen molar-refractivity contribution < 1.29 is 0 Å². The zero-order valence-electron chi connectivity index (χ0n) is 11.1. The van der Waals surface area contributed by atoms with Gasteiger partial charge < -0.3 is 10.2 Å². The quantitative estimate of drug-likeness (QED) is 0.856. The van der Waals surface area contributed by atoms with Gasteiger partial charge in [0.25, 0.3) is 0 Å². The summed E-state index contributed by atoms with van der Waals surface area (Å²) in [6, 6.07) is 0. The fraction of sp³-hybridized carbons (Fsp3) is 0.692. The fourth-order valence-electron chi connectivity index (χ4n) is 2.36. The Labute approximate surface area is 103 Å². The number of nitrogens with one attached hydrogen (secondary N) is 1. The molecule has 4 heteroatoms. The summed E-state index contributed by atoms with van der Waals surface area (Å²) in [6.45, 7) is 10.4. The maximum absolute atomic E-state index is 4.75. The van der Waals surface area contributed by atoms with Crippen LogP contribution in [0.25, 0.3) is 0 Å². The van der Waals surface area contributed by atoms with E-state index in [9.17, 15) is 0 Å². The lowest BCUT2D eigenvalue weighted by Crippen LogP contribution is -2.25. The molecule has 0 unspecified atom stereocenters. The van der Waals surface area contributed by atoms with E-state index in [0.717, 1.165) is 50.7 Å². The van der Waals surface area contributed by atoms with Gasteiger partial charge in [-0.1, -0.05) is 0 Å². The Kier molecular flexibility index (Phi) is 3.94. The van der Waals surface area contributed by atoms with Crippen LogP contribution in [0.3, 0.4) is 0 Å². The van der Waals surface area contributed by atoms with Crippen molar-refractivity contribution in [3.8, 4) is 0 Å². The molecule has 1 aliphatic rings. The number of aryl methyl sites for hydroxylation is 1. The van der Waals surface area contributed by atoms with Gasteiger partial charge in [0.05, 0.1) is 5.69 Å². The standard InChI is InChI=1S/C13H22N4/c1-4-17(5-2)13-15-10(3)11-6-8-14-9-7-12(11)16-13/h14H,4-9H2,1-3H3. The second-order valence-corrected chi connectivity index (χ2v) is 4.46. The third-order valence-electron chi connectivity index (χ3n) is 3.42. The molecule has 1 N–H and O–H groups in total. The average molecular weight is 234 g/mol. The van der Waals surface area contributed by atoms with Crippen molar-refractivity contribution >= 4 is 5.95 Å². The third kappa shape index (κ3) is 2.57. The maximum Gasteiger partial charge on any atom is 0.225 e. The number of nitrogens with zero attached hydrogens (tertiary/aromatic N) is 3. The Morgan fingerprint density at radius 3 is 2.53 bits per heavy atom. The van der Waals surface area contributed by atoms with Crippen LogP contribution >= 0.6 is 0 Å². The Hall–Kier alpha value is -1.16. The Balaban J connectivity index is 2.38. The molecular formula is C13H22N4. The highest BCUT2D eigenvalue weighted by molar-refractivity contribution is 5.37. The molecule has 17 heavy (non-hydrogen) atoms. The van der Waals surface area contributed by atoms with Crippen molar-refractivity contribution in [3.05, 3.63) is 17.0 Å². The van der Waals surface area contributed by atoms with E-state index >= 15 is 0 Å². The molecule has 0 spiro atoms. The molecule has 0 amide bonds. The van der Waals surface area contributed by atoms with Crippen LogP contribution in [0.5, 0.6) is 0 Å². The molecule has 4 nitrogen and oxygen atoms in total. The minimum atomic E-state index is 0.896. The largest absolute Gasteiger partial charge is 0.341 e. The lowest BCUT2D eigenvalue weighted by molar-refractivity contribution is 0.707. The van der Waals surface area contributed by atoms with E-state index in [-0.39, 0.29) is 0 Å². The van der Waals surface area contributed by atoms with Crippen molar-refractivity contribution in [2.24, 2.45) is 0 Å². The van der Waals surface area contributed by atoms with Gasteiger partial charge in [-0.05, 0) is 39.3 Å². The summed E-state index contributed by atoms with van der Waals surface area (Å²) in [5, 5.41) is 3.42. The van der Waals surface area contributed by atoms with Crippen molar-refractivity contribution in [2.45, 2.75) is 33.6 Å². The van der Waals surface area contributed by atoms with Gasteiger partial charge in [0.15, 0.2) is 0 Å². The molecule has 1 aromatic heterocycles. The van der Waals surface area contributed by atoms with Crippen LogP contribution in [-0.2, 0) is 12.8 Å². The topological polar surface area (TPSA) is 41.1 Å². The van der Waals surface area contributed by atoms with Crippen LogP contribution in [-0.4, -0.2) is 36.1 Å². The zero-order chi connectivity index (χ0) is 12.3. The number of hydrogen-bond acceptors (Lipinski definition) is 4. The van der Waals surface area contributed by atoms with E-state index in [0.29, 0.717) is 0 Å². The van der Waals surface area contributed by atoms with E-state index in [4.69, 9.17) is 4.98 Å². The predicted octanol–water partition coefficient (Wildman–Crippen LogP) is 1.32. The first-order valence-corrected chi connectivity index (χ1v) is 6.58. The van der Waals surface area contributed by atoms with E-state index in [1.807, 2.05) is 0 Å². The minimum Gasteiger partial charge on any atom is -0.341 e. The normalized spacial score (nSPS) is 15.2. The van der Waals surface area contributed by atoms with E-state index < -0.39 is 0 Å². The van der Waals surface area contributed by atoms with Crippen LogP contribution in [0.4, 0.5) is 5.95 Å². The van der Waals surface area contributed by atoms with Gasteiger partial charge in [0.2, 0.25) is 5.95 Å². The SMILES string of the molecule is CCN(CC)c1nc(C)c2c(n1)CCNCC2. The smallest absolute Gasteiger partial charge is 0.225 e. The van der Waals surface area contributed by atoms with Gasteiger partial charge in [-0.2, -0.15) is 0 Å². The Morgan fingerprint density at radius 1 is 1.12 bits per heavy atom. The van der Waals surface area contributed by atoms with Crippen molar-refractivity contribution in [1.82, 2.24) is 15.3 Å². The van der Waals surface area contributed by atoms with Gasteiger partial charge >= 0.3 is 0 Å². The average Bonchev–Trinajstić information content (AvgIpc) is 2.56. The molecule has 0 bridgehead atoms. The molecule has 0 radical (unpaired) electrons. The zero-order valence-corrected chi connectivity index (χ0v) is 11.1. The van der Waals surface area contributed by atoms with E-state index in [1.54, 1.807) is 0 Å². The van der Waals surface area contributed by atoms with Crippen LogP contribution in [0.2, 0.25) is 0 Å². The van der Waals surface area contributed by atoms with Crippen LogP contribution in [0.1, 0.15) is 30.8 Å². The number of hydrogen-bond donors (Lipinski definition) is 1. The van der Waals surface area contributed by atoms with E-state index in [1.165, 1.54) is 11.3 Å². The van der Waals surface area contributed by atoms with Crippen molar-refractivity contribution in [3.63, 3.8) is 0 Å². The Morgan fingerprint density at radius 2 is 1.82 bits per heavy atom. The number of anilines is 1. The maximum atomic E-state index is 4.75. The fourth-order valence-corrected chi connectivity index (χ4v) is 2.36. The lowest BCUT2D eigenvalue weighted by Gasteiger charge is -2.20. The van der Waals surface area contributed by atoms with Gasteiger partial charge in [0.1, 0.15) is 0 Å². The van der Waals surface area contributed by atoms with E-state index in [2.05, 4.69) is 36.0 Å². The van der Waals surface area contributed by atoms with Crippen LogP contribution in [0.15, 0.2) is 0 Å². The minimum absolute atomic E-state index is 0.896. The molecule has 0 fully saturated rings. The summed E-state index contributed by atoms with van der Waals surface area (Å²) in [4.78, 5) is 11.6.